The van der Waals surface area contributed by atoms with Crippen LogP contribution in [0.25, 0.3) is 0 Å². The molecule has 0 unspecified atom stereocenters. The van der Waals surface area contributed by atoms with Crippen LogP contribution >= 0.6 is 0 Å². The van der Waals surface area contributed by atoms with E-state index in [0.717, 1.165) is 31.1 Å². The van der Waals surface area contributed by atoms with Gasteiger partial charge in [0.25, 0.3) is 0 Å². The highest BCUT2D eigenvalue weighted by molar-refractivity contribution is 5.86. The van der Waals surface area contributed by atoms with Crippen molar-refractivity contribution in [2.75, 3.05) is 18.0 Å². The smallest absolute Gasteiger partial charge is 0.354 e. The number of aromatic carboxylic acids is 1. The normalized spacial score (nSPS) is 14.6. The number of anilines is 1. The molecule has 0 aromatic carbocycles. The number of carboxylic acids is 1. The van der Waals surface area contributed by atoms with Crippen molar-refractivity contribution < 1.29 is 9.90 Å². The van der Waals surface area contributed by atoms with Gasteiger partial charge in [-0.3, -0.25) is 0 Å². The van der Waals surface area contributed by atoms with Crippen molar-refractivity contribution in [3.05, 3.63) is 24.0 Å². The van der Waals surface area contributed by atoms with Crippen LogP contribution in [0, 0.1) is 5.92 Å². The first-order valence-corrected chi connectivity index (χ1v) is 6.15. The van der Waals surface area contributed by atoms with Gasteiger partial charge < -0.3 is 10.0 Å². The van der Waals surface area contributed by atoms with Crippen LogP contribution in [-0.2, 0) is 0 Å². The molecule has 0 saturated heterocycles. The lowest BCUT2D eigenvalue weighted by Gasteiger charge is -2.24. The molecule has 1 fully saturated rings. The number of carbonyl (C=O) groups is 1. The predicted molar refractivity (Wildman–Crippen MR) is 66.4 cm³/mol. The van der Waals surface area contributed by atoms with Gasteiger partial charge in [-0.25, -0.2) is 9.78 Å². The Kier molecular flexibility index (Phi) is 3.61. The monoisotopic (exact) mass is 234 g/mol. The van der Waals surface area contributed by atoms with Crippen molar-refractivity contribution in [2.45, 2.75) is 26.2 Å². The molecule has 2 rings (SSSR count). The molecule has 0 atom stereocenters. The maximum absolute atomic E-state index is 10.9. The summed E-state index contributed by atoms with van der Waals surface area (Å²) in [5.74, 6) is -0.169. The van der Waals surface area contributed by atoms with Gasteiger partial charge >= 0.3 is 5.97 Å². The number of aromatic nitrogens is 1. The van der Waals surface area contributed by atoms with Crippen LogP contribution in [0.15, 0.2) is 18.3 Å². The molecular weight excluding hydrogens is 216 g/mol. The highest BCUT2D eigenvalue weighted by Crippen LogP contribution is 2.31. The molecular formula is C13H18N2O2. The Hall–Kier alpha value is -1.58. The molecule has 0 amide bonds. The average molecular weight is 234 g/mol. The van der Waals surface area contributed by atoms with Crippen LogP contribution in [0.4, 0.5) is 5.69 Å². The molecule has 92 valence electrons. The van der Waals surface area contributed by atoms with Gasteiger partial charge in [-0.1, -0.05) is 6.92 Å². The van der Waals surface area contributed by atoms with Gasteiger partial charge in [0.05, 0.1) is 0 Å². The van der Waals surface area contributed by atoms with E-state index in [1.807, 2.05) is 6.07 Å². The Morgan fingerprint density at radius 2 is 2.35 bits per heavy atom. The fraction of sp³-hybridized carbons (Fsp3) is 0.538. The molecule has 1 aliphatic rings. The molecule has 17 heavy (non-hydrogen) atoms. The molecule has 0 aliphatic heterocycles. The van der Waals surface area contributed by atoms with Crippen molar-refractivity contribution in [3.63, 3.8) is 0 Å². The molecule has 1 saturated carbocycles. The Morgan fingerprint density at radius 1 is 1.59 bits per heavy atom. The molecule has 1 N–H and O–H groups in total. The summed E-state index contributed by atoms with van der Waals surface area (Å²) in [5.41, 5.74) is 1.10. The first-order chi connectivity index (χ1) is 8.20. The van der Waals surface area contributed by atoms with E-state index in [1.165, 1.54) is 12.8 Å². The fourth-order valence-corrected chi connectivity index (χ4v) is 1.94. The summed E-state index contributed by atoms with van der Waals surface area (Å²) in [4.78, 5) is 17.0. The third-order valence-electron chi connectivity index (χ3n) is 3.00. The molecule has 0 bridgehead atoms. The molecule has 0 radical (unpaired) electrons. The number of nitrogens with zero attached hydrogens (tertiary/aromatic N) is 2. The van der Waals surface area contributed by atoms with Crippen LogP contribution in [-0.4, -0.2) is 29.1 Å². The van der Waals surface area contributed by atoms with E-state index in [2.05, 4.69) is 16.8 Å². The van der Waals surface area contributed by atoms with Crippen LogP contribution in [0.5, 0.6) is 0 Å². The highest BCUT2D eigenvalue weighted by atomic mass is 16.4. The topological polar surface area (TPSA) is 53.4 Å². The molecule has 1 aromatic heterocycles. The van der Waals surface area contributed by atoms with Gasteiger partial charge in [0.1, 0.15) is 5.69 Å². The van der Waals surface area contributed by atoms with Gasteiger partial charge in [0.2, 0.25) is 0 Å². The lowest BCUT2D eigenvalue weighted by molar-refractivity contribution is 0.0690. The zero-order valence-corrected chi connectivity index (χ0v) is 10.1. The van der Waals surface area contributed by atoms with Gasteiger partial charge in [0.15, 0.2) is 0 Å². The minimum absolute atomic E-state index is 0.124. The minimum Gasteiger partial charge on any atom is -0.477 e. The first kappa shape index (κ1) is 11.9. The van der Waals surface area contributed by atoms with Crippen molar-refractivity contribution in [2.24, 2.45) is 5.92 Å². The number of hydrogen-bond donors (Lipinski definition) is 1. The molecule has 0 spiro atoms. The summed E-state index contributed by atoms with van der Waals surface area (Å²) in [7, 11) is 0. The molecule has 4 nitrogen and oxygen atoms in total. The van der Waals surface area contributed by atoms with E-state index in [1.54, 1.807) is 12.3 Å². The quantitative estimate of drug-likeness (QED) is 0.821. The van der Waals surface area contributed by atoms with Crippen molar-refractivity contribution >= 4 is 11.7 Å². The third kappa shape index (κ3) is 3.19. The highest BCUT2D eigenvalue weighted by Gasteiger charge is 2.24. The number of rotatable bonds is 6. The summed E-state index contributed by atoms with van der Waals surface area (Å²) in [6.07, 6.45) is 5.25. The van der Waals surface area contributed by atoms with E-state index >= 15 is 0 Å². The van der Waals surface area contributed by atoms with Crippen LogP contribution in [0.1, 0.15) is 36.7 Å². The molecule has 1 aliphatic carbocycles. The summed E-state index contributed by atoms with van der Waals surface area (Å²) < 4.78 is 0. The van der Waals surface area contributed by atoms with Crippen molar-refractivity contribution in [1.29, 1.82) is 0 Å². The Bertz CT molecular complexity index is 402. The fourth-order valence-electron chi connectivity index (χ4n) is 1.94. The summed E-state index contributed by atoms with van der Waals surface area (Å²) in [5, 5.41) is 8.93. The van der Waals surface area contributed by atoms with E-state index in [-0.39, 0.29) is 5.69 Å². The largest absolute Gasteiger partial charge is 0.477 e. The molecule has 1 heterocycles. The maximum Gasteiger partial charge on any atom is 0.354 e. The SMILES string of the molecule is CCCN(CC1CC1)c1ccnc(C(=O)O)c1. The minimum atomic E-state index is -0.963. The Morgan fingerprint density at radius 3 is 2.94 bits per heavy atom. The summed E-state index contributed by atoms with van der Waals surface area (Å²) >= 11 is 0. The van der Waals surface area contributed by atoms with E-state index in [0.29, 0.717) is 0 Å². The second-order valence-electron chi connectivity index (χ2n) is 4.59. The molecule has 1 aromatic rings. The first-order valence-electron chi connectivity index (χ1n) is 6.15. The van der Waals surface area contributed by atoms with Crippen LogP contribution in [0.3, 0.4) is 0 Å². The average Bonchev–Trinajstić information content (AvgIpc) is 3.12. The van der Waals surface area contributed by atoms with Gasteiger partial charge in [-0.15, -0.1) is 0 Å². The van der Waals surface area contributed by atoms with E-state index < -0.39 is 5.97 Å². The van der Waals surface area contributed by atoms with Crippen LogP contribution in [0.2, 0.25) is 0 Å². The second kappa shape index (κ2) is 5.17. The van der Waals surface area contributed by atoms with Gasteiger partial charge in [-0.05, 0) is 37.3 Å². The number of hydrogen-bond acceptors (Lipinski definition) is 3. The number of carboxylic acid groups (broad SMARTS) is 1. The van der Waals surface area contributed by atoms with E-state index in [9.17, 15) is 4.79 Å². The Labute approximate surface area is 101 Å². The summed E-state index contributed by atoms with van der Waals surface area (Å²) in [6, 6.07) is 3.56. The lowest BCUT2D eigenvalue weighted by atomic mass is 10.2. The molecule has 4 heteroatoms. The van der Waals surface area contributed by atoms with Crippen LogP contribution < -0.4 is 4.90 Å². The Balaban J connectivity index is 2.15. The predicted octanol–water partition coefficient (Wildman–Crippen LogP) is 2.41. The zero-order valence-electron chi connectivity index (χ0n) is 10.1. The summed E-state index contributed by atoms with van der Waals surface area (Å²) in [6.45, 7) is 4.15. The van der Waals surface area contributed by atoms with Crippen molar-refractivity contribution in [1.82, 2.24) is 4.98 Å². The standard InChI is InChI=1S/C13H18N2O2/c1-2-7-15(9-10-3-4-10)11-5-6-14-12(8-11)13(16)17/h5-6,8,10H,2-4,7,9H2,1H3,(H,16,17). The van der Waals surface area contributed by atoms with E-state index in [4.69, 9.17) is 5.11 Å². The third-order valence-corrected chi connectivity index (χ3v) is 3.00. The van der Waals surface area contributed by atoms with Gasteiger partial charge in [0, 0.05) is 25.0 Å². The second-order valence-corrected chi connectivity index (χ2v) is 4.59. The zero-order chi connectivity index (χ0) is 12.3. The lowest BCUT2D eigenvalue weighted by Crippen LogP contribution is -2.26. The van der Waals surface area contributed by atoms with Gasteiger partial charge in [-0.2, -0.15) is 0 Å². The maximum atomic E-state index is 10.9. The van der Waals surface area contributed by atoms with Crippen molar-refractivity contribution in [3.8, 4) is 0 Å². The number of pyridine rings is 1.